The van der Waals surface area contributed by atoms with Gasteiger partial charge in [0.25, 0.3) is 10.0 Å². The van der Waals surface area contributed by atoms with Crippen LogP contribution >= 0.6 is 0 Å². The number of aryl methyl sites for hydroxylation is 1. The maximum atomic E-state index is 12.3. The van der Waals surface area contributed by atoms with E-state index in [-0.39, 0.29) is 16.5 Å². The molecule has 1 N–H and O–H groups in total. The molecule has 0 fully saturated rings. The van der Waals surface area contributed by atoms with Crippen molar-refractivity contribution in [3.63, 3.8) is 0 Å². The van der Waals surface area contributed by atoms with Gasteiger partial charge < -0.3 is 4.74 Å². The molecular weight excluding hydrogens is 357 g/mol. The van der Waals surface area contributed by atoms with Gasteiger partial charge >= 0.3 is 6.18 Å². The van der Waals surface area contributed by atoms with Gasteiger partial charge in [-0.2, -0.15) is 13.2 Å². The second-order valence-corrected chi connectivity index (χ2v) is 6.97. The van der Waals surface area contributed by atoms with Gasteiger partial charge in [-0.1, -0.05) is 25.5 Å². The number of hydrogen-bond acceptors (Lipinski definition) is 4. The second-order valence-electron chi connectivity index (χ2n) is 5.29. The summed E-state index contributed by atoms with van der Waals surface area (Å²) in [6, 6.07) is 8.92. The quantitative estimate of drug-likeness (QED) is 0.801. The highest BCUT2D eigenvalue weighted by atomic mass is 32.2. The number of pyridine rings is 1. The Bertz CT molecular complexity index is 789. The first-order valence-corrected chi connectivity index (χ1v) is 8.95. The van der Waals surface area contributed by atoms with Gasteiger partial charge in [-0.25, -0.2) is 13.4 Å². The summed E-state index contributed by atoms with van der Waals surface area (Å²) in [5, 5.41) is 0. The van der Waals surface area contributed by atoms with E-state index in [0.717, 1.165) is 30.7 Å². The highest BCUT2D eigenvalue weighted by Crippen LogP contribution is 2.20. The van der Waals surface area contributed by atoms with Crippen LogP contribution < -0.4 is 9.46 Å². The average molecular weight is 374 g/mol. The van der Waals surface area contributed by atoms with Crippen LogP contribution in [-0.4, -0.2) is 26.2 Å². The molecule has 0 bridgehead atoms. The van der Waals surface area contributed by atoms with Crippen molar-refractivity contribution in [1.29, 1.82) is 0 Å². The number of hydrogen-bond donors (Lipinski definition) is 1. The number of halogens is 3. The fourth-order valence-corrected chi connectivity index (χ4v) is 3.06. The topological polar surface area (TPSA) is 68.3 Å². The zero-order valence-electron chi connectivity index (χ0n) is 13.4. The molecule has 0 atom stereocenters. The van der Waals surface area contributed by atoms with Crippen LogP contribution in [0.1, 0.15) is 18.9 Å². The Hall–Kier alpha value is -2.29. The van der Waals surface area contributed by atoms with Crippen LogP contribution in [0, 0.1) is 0 Å². The van der Waals surface area contributed by atoms with E-state index in [0.29, 0.717) is 0 Å². The average Bonchev–Trinajstić information content (AvgIpc) is 2.54. The third-order valence-corrected chi connectivity index (χ3v) is 4.54. The van der Waals surface area contributed by atoms with E-state index in [1.54, 1.807) is 12.1 Å². The van der Waals surface area contributed by atoms with Crippen LogP contribution in [0.2, 0.25) is 0 Å². The van der Waals surface area contributed by atoms with Gasteiger partial charge in [0.05, 0.1) is 16.8 Å². The first-order chi connectivity index (χ1) is 11.7. The van der Waals surface area contributed by atoms with Crippen LogP contribution in [0.25, 0.3) is 0 Å². The molecule has 1 aromatic heterocycles. The van der Waals surface area contributed by atoms with Gasteiger partial charge in [-0.05, 0) is 30.2 Å². The molecule has 0 aliphatic carbocycles. The zero-order chi connectivity index (χ0) is 18.5. The molecular formula is C16H17F3N2O3S. The van der Waals surface area contributed by atoms with Crippen LogP contribution in [0.5, 0.6) is 5.88 Å². The van der Waals surface area contributed by atoms with Crippen LogP contribution in [-0.2, 0) is 16.4 Å². The van der Waals surface area contributed by atoms with Crippen molar-refractivity contribution in [2.24, 2.45) is 0 Å². The number of sulfonamides is 1. The summed E-state index contributed by atoms with van der Waals surface area (Å²) >= 11 is 0. The van der Waals surface area contributed by atoms with E-state index in [1.165, 1.54) is 18.2 Å². The molecule has 0 unspecified atom stereocenters. The molecule has 2 aromatic rings. The Morgan fingerprint density at radius 2 is 1.80 bits per heavy atom. The Morgan fingerprint density at radius 1 is 1.12 bits per heavy atom. The Labute approximate surface area is 143 Å². The minimum absolute atomic E-state index is 0.0877. The number of nitrogens with zero attached hydrogens (tertiary/aromatic N) is 1. The fourth-order valence-electron chi connectivity index (χ4n) is 2.02. The molecule has 0 aliphatic heterocycles. The largest absolute Gasteiger partial charge is 0.468 e. The summed E-state index contributed by atoms with van der Waals surface area (Å²) in [5.41, 5.74) is 1.16. The highest BCUT2D eigenvalue weighted by molar-refractivity contribution is 7.92. The highest BCUT2D eigenvalue weighted by Gasteiger charge is 2.28. The number of ether oxygens (including phenoxy) is 1. The minimum atomic E-state index is -4.47. The van der Waals surface area contributed by atoms with E-state index in [1.807, 2.05) is 6.92 Å². The van der Waals surface area contributed by atoms with Crippen molar-refractivity contribution in [1.82, 2.24) is 4.98 Å². The van der Waals surface area contributed by atoms with E-state index in [2.05, 4.69) is 14.4 Å². The molecule has 5 nitrogen and oxygen atoms in total. The lowest BCUT2D eigenvalue weighted by atomic mass is 10.1. The molecule has 136 valence electrons. The molecule has 0 radical (unpaired) electrons. The van der Waals surface area contributed by atoms with Crippen molar-refractivity contribution in [3.05, 3.63) is 48.2 Å². The lowest BCUT2D eigenvalue weighted by molar-refractivity contribution is -0.154. The number of nitrogens with one attached hydrogen (secondary N) is 1. The summed E-state index contributed by atoms with van der Waals surface area (Å²) in [4.78, 5) is 3.74. The van der Waals surface area contributed by atoms with E-state index >= 15 is 0 Å². The minimum Gasteiger partial charge on any atom is -0.468 e. The summed E-state index contributed by atoms with van der Waals surface area (Å²) in [6.45, 7) is 0.566. The molecule has 9 heteroatoms. The van der Waals surface area contributed by atoms with E-state index < -0.39 is 22.8 Å². The second kappa shape index (κ2) is 7.73. The lowest BCUT2D eigenvalue weighted by Crippen LogP contribution is -2.19. The standard InChI is InChI=1S/C16H17F3N2O3S/c1-2-3-12-4-7-14(8-5-12)25(22,23)21-13-6-9-15(20-10-13)24-11-16(17,18)19/h4-10,21H,2-3,11H2,1H3. The van der Waals surface area contributed by atoms with Gasteiger partial charge in [0.2, 0.25) is 5.88 Å². The van der Waals surface area contributed by atoms with Crippen LogP contribution in [0.3, 0.4) is 0 Å². The van der Waals surface area contributed by atoms with Crippen LogP contribution in [0.15, 0.2) is 47.5 Å². The summed E-state index contributed by atoms with van der Waals surface area (Å²) < 4.78 is 67.6. The molecule has 2 rings (SSSR count). The van der Waals surface area contributed by atoms with Gasteiger partial charge in [0.1, 0.15) is 0 Å². The van der Waals surface area contributed by atoms with Crippen molar-refractivity contribution in [2.45, 2.75) is 30.8 Å². The SMILES string of the molecule is CCCc1ccc(S(=O)(=O)Nc2ccc(OCC(F)(F)F)nc2)cc1. The number of aromatic nitrogens is 1. The summed E-state index contributed by atoms with van der Waals surface area (Å²) in [5.74, 6) is -0.246. The third kappa shape index (κ3) is 5.93. The number of alkyl halides is 3. The van der Waals surface area contributed by atoms with Crippen molar-refractivity contribution in [2.75, 3.05) is 11.3 Å². The zero-order valence-corrected chi connectivity index (χ0v) is 14.2. The lowest BCUT2D eigenvalue weighted by Gasteiger charge is -2.10. The normalized spacial score (nSPS) is 12.0. The molecule has 1 aromatic carbocycles. The summed E-state index contributed by atoms with van der Waals surface area (Å²) in [6.07, 6.45) is -1.56. The van der Waals surface area contributed by atoms with E-state index in [9.17, 15) is 21.6 Å². The molecule has 0 saturated heterocycles. The Morgan fingerprint density at radius 3 is 2.32 bits per heavy atom. The fraction of sp³-hybridized carbons (Fsp3) is 0.312. The third-order valence-electron chi connectivity index (χ3n) is 3.14. The first kappa shape index (κ1) is 19.0. The summed E-state index contributed by atoms with van der Waals surface area (Å²) in [7, 11) is -3.80. The monoisotopic (exact) mass is 374 g/mol. The predicted octanol–water partition coefficient (Wildman–Crippen LogP) is 3.78. The van der Waals surface area contributed by atoms with E-state index in [4.69, 9.17) is 0 Å². The molecule has 1 heterocycles. The maximum absolute atomic E-state index is 12.3. The van der Waals surface area contributed by atoms with Crippen molar-refractivity contribution in [3.8, 4) is 5.88 Å². The van der Waals surface area contributed by atoms with Crippen molar-refractivity contribution < 1.29 is 26.3 Å². The first-order valence-electron chi connectivity index (χ1n) is 7.47. The van der Waals surface area contributed by atoms with Gasteiger partial charge in [-0.15, -0.1) is 0 Å². The number of rotatable bonds is 7. The maximum Gasteiger partial charge on any atom is 0.422 e. The number of anilines is 1. The van der Waals surface area contributed by atoms with Gasteiger partial charge in [0, 0.05) is 6.07 Å². The predicted molar refractivity (Wildman–Crippen MR) is 87.0 cm³/mol. The molecule has 0 aliphatic rings. The Kier molecular flexibility index (Phi) is 5.89. The Balaban J connectivity index is 2.04. The van der Waals surface area contributed by atoms with Crippen LogP contribution in [0.4, 0.5) is 18.9 Å². The molecule has 0 spiro atoms. The molecule has 0 saturated carbocycles. The van der Waals surface area contributed by atoms with Gasteiger partial charge in [0.15, 0.2) is 6.61 Å². The van der Waals surface area contributed by atoms with Gasteiger partial charge in [-0.3, -0.25) is 4.72 Å². The van der Waals surface area contributed by atoms with Crippen molar-refractivity contribution >= 4 is 15.7 Å². The molecule has 0 amide bonds. The molecule has 25 heavy (non-hydrogen) atoms. The smallest absolute Gasteiger partial charge is 0.422 e. The number of benzene rings is 1.